The summed E-state index contributed by atoms with van der Waals surface area (Å²) in [5.74, 6) is 0.839. The van der Waals surface area contributed by atoms with Gasteiger partial charge in [0.15, 0.2) is 0 Å². The minimum absolute atomic E-state index is 0.326. The summed E-state index contributed by atoms with van der Waals surface area (Å²) in [6.07, 6.45) is 2.71. The lowest BCUT2D eigenvalue weighted by Gasteiger charge is -2.19. The van der Waals surface area contributed by atoms with Crippen LogP contribution in [0.15, 0.2) is 18.2 Å². The van der Waals surface area contributed by atoms with Gasteiger partial charge in [-0.2, -0.15) is 0 Å². The Bertz CT molecular complexity index is 364. The fourth-order valence-corrected chi connectivity index (χ4v) is 2.37. The number of hydrogen-bond acceptors (Lipinski definition) is 2. The Morgan fingerprint density at radius 3 is 2.44 bits per heavy atom. The van der Waals surface area contributed by atoms with E-state index in [1.54, 1.807) is 0 Å². The predicted octanol–water partition coefficient (Wildman–Crippen LogP) is 3.38. The monoisotopic (exact) mass is 247 g/mol. The Morgan fingerprint density at radius 1 is 1.22 bits per heavy atom. The van der Waals surface area contributed by atoms with Gasteiger partial charge in [0.2, 0.25) is 0 Å². The van der Waals surface area contributed by atoms with Gasteiger partial charge >= 0.3 is 0 Å². The van der Waals surface area contributed by atoms with Crippen LogP contribution in [0.4, 0.5) is 0 Å². The third-order valence-electron chi connectivity index (χ3n) is 3.43. The smallest absolute Gasteiger partial charge is 0.0661 e. The summed E-state index contributed by atoms with van der Waals surface area (Å²) in [7, 11) is 0. The SMILES string of the molecule is CCNC(COCC1CC1)c1cc(C)cc(C)c1. The standard InChI is InChI=1S/C16H25NO/c1-4-17-16(11-18-10-14-5-6-14)15-8-12(2)7-13(3)9-15/h7-9,14,16-17H,4-6,10-11H2,1-3H3. The van der Waals surface area contributed by atoms with Crippen molar-refractivity contribution >= 4 is 0 Å². The van der Waals surface area contributed by atoms with Crippen LogP contribution in [0.5, 0.6) is 0 Å². The van der Waals surface area contributed by atoms with Crippen molar-refractivity contribution in [3.63, 3.8) is 0 Å². The third-order valence-corrected chi connectivity index (χ3v) is 3.43. The number of aryl methyl sites for hydroxylation is 2. The molecule has 18 heavy (non-hydrogen) atoms. The van der Waals surface area contributed by atoms with Crippen molar-refractivity contribution in [2.24, 2.45) is 5.92 Å². The highest BCUT2D eigenvalue weighted by Gasteiger charge is 2.22. The molecule has 0 aromatic heterocycles. The van der Waals surface area contributed by atoms with E-state index in [1.165, 1.54) is 29.5 Å². The molecule has 2 rings (SSSR count). The van der Waals surface area contributed by atoms with Crippen molar-refractivity contribution in [3.05, 3.63) is 34.9 Å². The number of ether oxygens (including phenoxy) is 1. The highest BCUT2D eigenvalue weighted by molar-refractivity contribution is 5.30. The first-order chi connectivity index (χ1) is 8.69. The zero-order valence-electron chi connectivity index (χ0n) is 11.8. The van der Waals surface area contributed by atoms with E-state index in [0.717, 1.165) is 25.7 Å². The first kappa shape index (κ1) is 13.6. The van der Waals surface area contributed by atoms with Crippen molar-refractivity contribution in [1.29, 1.82) is 0 Å². The zero-order valence-corrected chi connectivity index (χ0v) is 11.8. The van der Waals surface area contributed by atoms with Gasteiger partial charge in [0, 0.05) is 6.61 Å². The van der Waals surface area contributed by atoms with Gasteiger partial charge in [0.1, 0.15) is 0 Å². The van der Waals surface area contributed by atoms with Gasteiger partial charge in [0.05, 0.1) is 12.6 Å². The number of benzene rings is 1. The second-order valence-corrected chi connectivity index (χ2v) is 5.51. The topological polar surface area (TPSA) is 21.3 Å². The van der Waals surface area contributed by atoms with Crippen LogP contribution in [-0.2, 0) is 4.74 Å². The zero-order chi connectivity index (χ0) is 13.0. The summed E-state index contributed by atoms with van der Waals surface area (Å²) in [5, 5.41) is 3.52. The van der Waals surface area contributed by atoms with Crippen LogP contribution in [-0.4, -0.2) is 19.8 Å². The lowest BCUT2D eigenvalue weighted by Crippen LogP contribution is -2.26. The second kappa shape index (κ2) is 6.35. The summed E-state index contributed by atoms with van der Waals surface area (Å²) in [4.78, 5) is 0. The Balaban J connectivity index is 1.97. The van der Waals surface area contributed by atoms with Crippen LogP contribution in [0.2, 0.25) is 0 Å². The van der Waals surface area contributed by atoms with Crippen molar-refractivity contribution in [2.75, 3.05) is 19.8 Å². The van der Waals surface area contributed by atoms with Crippen LogP contribution in [0.25, 0.3) is 0 Å². The molecule has 0 heterocycles. The van der Waals surface area contributed by atoms with E-state index < -0.39 is 0 Å². The van der Waals surface area contributed by atoms with Crippen molar-refractivity contribution in [3.8, 4) is 0 Å². The molecule has 0 spiro atoms. The molecule has 1 fully saturated rings. The molecule has 1 aliphatic rings. The van der Waals surface area contributed by atoms with Gasteiger partial charge in [-0.3, -0.25) is 0 Å². The van der Waals surface area contributed by atoms with E-state index >= 15 is 0 Å². The van der Waals surface area contributed by atoms with E-state index in [4.69, 9.17) is 4.74 Å². The third kappa shape index (κ3) is 4.11. The van der Waals surface area contributed by atoms with Crippen molar-refractivity contribution in [2.45, 2.75) is 39.7 Å². The van der Waals surface area contributed by atoms with E-state index in [2.05, 4.69) is 44.3 Å². The van der Waals surface area contributed by atoms with Crippen molar-refractivity contribution in [1.82, 2.24) is 5.32 Å². The fourth-order valence-electron chi connectivity index (χ4n) is 2.37. The molecule has 0 bridgehead atoms. The molecule has 1 atom stereocenters. The highest BCUT2D eigenvalue weighted by atomic mass is 16.5. The molecule has 1 N–H and O–H groups in total. The maximum Gasteiger partial charge on any atom is 0.0661 e. The van der Waals surface area contributed by atoms with Crippen LogP contribution < -0.4 is 5.32 Å². The molecule has 0 aliphatic heterocycles. The maximum absolute atomic E-state index is 5.84. The molecule has 0 saturated heterocycles. The second-order valence-electron chi connectivity index (χ2n) is 5.51. The summed E-state index contributed by atoms with van der Waals surface area (Å²) >= 11 is 0. The van der Waals surface area contributed by atoms with Crippen LogP contribution >= 0.6 is 0 Å². The first-order valence-corrected chi connectivity index (χ1v) is 7.08. The van der Waals surface area contributed by atoms with Gasteiger partial charge in [-0.05, 0) is 44.7 Å². The lowest BCUT2D eigenvalue weighted by molar-refractivity contribution is 0.103. The van der Waals surface area contributed by atoms with Gasteiger partial charge in [-0.15, -0.1) is 0 Å². The Labute approximate surface area is 111 Å². The highest BCUT2D eigenvalue weighted by Crippen LogP contribution is 2.29. The first-order valence-electron chi connectivity index (χ1n) is 7.08. The van der Waals surface area contributed by atoms with Gasteiger partial charge in [0.25, 0.3) is 0 Å². The number of rotatable bonds is 7. The van der Waals surface area contributed by atoms with Crippen LogP contribution in [0, 0.1) is 19.8 Å². The summed E-state index contributed by atoms with van der Waals surface area (Å²) < 4.78 is 5.84. The maximum atomic E-state index is 5.84. The lowest BCUT2D eigenvalue weighted by atomic mass is 10.0. The summed E-state index contributed by atoms with van der Waals surface area (Å²) in [5.41, 5.74) is 4.01. The van der Waals surface area contributed by atoms with E-state index in [9.17, 15) is 0 Å². The molecule has 2 heteroatoms. The number of nitrogens with one attached hydrogen (secondary N) is 1. The molecule has 0 amide bonds. The molecule has 1 unspecified atom stereocenters. The van der Waals surface area contributed by atoms with Crippen molar-refractivity contribution < 1.29 is 4.74 Å². The molecule has 1 aliphatic carbocycles. The fraction of sp³-hybridized carbons (Fsp3) is 0.625. The van der Waals surface area contributed by atoms with Gasteiger partial charge in [-0.1, -0.05) is 36.2 Å². The minimum Gasteiger partial charge on any atom is -0.379 e. The average Bonchev–Trinajstić information content (AvgIpc) is 3.10. The van der Waals surface area contributed by atoms with E-state index in [-0.39, 0.29) is 0 Å². The molecular formula is C16H25NO. The molecular weight excluding hydrogens is 222 g/mol. The number of hydrogen-bond donors (Lipinski definition) is 1. The Kier molecular flexibility index (Phi) is 4.79. The molecule has 2 nitrogen and oxygen atoms in total. The molecule has 0 radical (unpaired) electrons. The predicted molar refractivity (Wildman–Crippen MR) is 75.9 cm³/mol. The summed E-state index contributed by atoms with van der Waals surface area (Å²) in [6.45, 7) is 9.16. The normalized spacial score (nSPS) is 16.8. The van der Waals surface area contributed by atoms with Gasteiger partial charge < -0.3 is 10.1 Å². The summed E-state index contributed by atoms with van der Waals surface area (Å²) in [6, 6.07) is 7.08. The van der Waals surface area contributed by atoms with E-state index in [0.29, 0.717) is 6.04 Å². The number of likely N-dealkylation sites (N-methyl/N-ethyl adjacent to an activating group) is 1. The molecule has 1 saturated carbocycles. The molecule has 1 aromatic rings. The minimum atomic E-state index is 0.326. The largest absolute Gasteiger partial charge is 0.379 e. The van der Waals surface area contributed by atoms with Gasteiger partial charge in [-0.25, -0.2) is 0 Å². The molecule has 1 aromatic carbocycles. The quantitative estimate of drug-likeness (QED) is 0.797. The van der Waals surface area contributed by atoms with Crippen LogP contribution in [0.1, 0.15) is 42.5 Å². The average molecular weight is 247 g/mol. The Morgan fingerprint density at radius 2 is 1.89 bits per heavy atom. The van der Waals surface area contributed by atoms with E-state index in [1.807, 2.05) is 0 Å². The molecule has 100 valence electrons. The Hall–Kier alpha value is -0.860. The van der Waals surface area contributed by atoms with Crippen LogP contribution in [0.3, 0.4) is 0 Å².